The third-order valence-electron chi connectivity index (χ3n) is 1.75. The monoisotopic (exact) mass is 227 g/mol. The molecule has 0 bridgehead atoms. The summed E-state index contributed by atoms with van der Waals surface area (Å²) in [6.07, 6.45) is 0.890. The Morgan fingerprint density at radius 1 is 1.56 bits per heavy atom. The Balaban J connectivity index is 2.53. The van der Waals surface area contributed by atoms with Crippen LogP contribution in [0.1, 0.15) is 16.9 Å². The van der Waals surface area contributed by atoms with E-state index in [1.807, 2.05) is 0 Å². The third-order valence-corrected chi connectivity index (χ3v) is 1.75. The van der Waals surface area contributed by atoms with Crippen LogP contribution in [0.5, 0.6) is 0 Å². The molecule has 8 nitrogen and oxygen atoms in total. The van der Waals surface area contributed by atoms with Crippen LogP contribution in [0.2, 0.25) is 0 Å². The fraction of sp³-hybridized carbons (Fsp3) is 0.250. The molecule has 3 N–H and O–H groups in total. The Morgan fingerprint density at radius 2 is 2.25 bits per heavy atom. The topological polar surface area (TPSA) is 125 Å². The summed E-state index contributed by atoms with van der Waals surface area (Å²) in [5, 5.41) is 21.0. The lowest BCUT2D eigenvalue weighted by Gasteiger charge is -1.99. The fourth-order valence-corrected chi connectivity index (χ4v) is 0.998. The molecule has 0 spiro atoms. The van der Waals surface area contributed by atoms with Gasteiger partial charge in [-0.15, -0.1) is 0 Å². The van der Waals surface area contributed by atoms with Crippen molar-refractivity contribution in [2.45, 2.75) is 6.42 Å². The first-order chi connectivity index (χ1) is 7.50. The van der Waals surface area contributed by atoms with E-state index in [9.17, 15) is 19.7 Å². The number of hydrogen-bond acceptors (Lipinski definition) is 4. The first-order valence-electron chi connectivity index (χ1n) is 4.33. The Kier molecular flexibility index (Phi) is 3.59. The van der Waals surface area contributed by atoms with Crippen LogP contribution in [0.3, 0.4) is 0 Å². The predicted octanol–water partition coefficient (Wildman–Crippen LogP) is 0.127. The second kappa shape index (κ2) is 4.91. The quantitative estimate of drug-likeness (QED) is 0.486. The minimum Gasteiger partial charge on any atom is -0.481 e. The van der Waals surface area contributed by atoms with Crippen LogP contribution in [0.15, 0.2) is 12.3 Å². The van der Waals surface area contributed by atoms with E-state index in [1.165, 1.54) is 0 Å². The van der Waals surface area contributed by atoms with Crippen molar-refractivity contribution in [3.8, 4) is 0 Å². The molecule has 16 heavy (non-hydrogen) atoms. The highest BCUT2D eigenvalue weighted by atomic mass is 16.6. The number of amides is 1. The number of aromatic nitrogens is 1. The van der Waals surface area contributed by atoms with Gasteiger partial charge in [-0.3, -0.25) is 19.7 Å². The van der Waals surface area contributed by atoms with Crippen molar-refractivity contribution in [2.24, 2.45) is 0 Å². The Labute approximate surface area is 89.4 Å². The zero-order chi connectivity index (χ0) is 12.1. The molecule has 0 fully saturated rings. The number of nitrogens with one attached hydrogen (secondary N) is 2. The van der Waals surface area contributed by atoms with Crippen LogP contribution < -0.4 is 5.32 Å². The Morgan fingerprint density at radius 3 is 2.75 bits per heavy atom. The second-order valence-electron chi connectivity index (χ2n) is 2.93. The normalized spacial score (nSPS) is 9.75. The highest BCUT2D eigenvalue weighted by Crippen LogP contribution is 2.11. The van der Waals surface area contributed by atoms with Gasteiger partial charge in [-0.25, -0.2) is 0 Å². The first-order valence-corrected chi connectivity index (χ1v) is 4.33. The van der Waals surface area contributed by atoms with Gasteiger partial charge in [0.15, 0.2) is 0 Å². The highest BCUT2D eigenvalue weighted by Gasteiger charge is 2.13. The first kappa shape index (κ1) is 11.7. The average Bonchev–Trinajstić information content (AvgIpc) is 2.65. The number of carboxylic acids is 1. The van der Waals surface area contributed by atoms with Gasteiger partial charge in [-0.05, 0) is 0 Å². The van der Waals surface area contributed by atoms with Gasteiger partial charge in [0.2, 0.25) is 0 Å². The van der Waals surface area contributed by atoms with Gasteiger partial charge in [0, 0.05) is 12.6 Å². The molecule has 0 saturated heterocycles. The van der Waals surface area contributed by atoms with Crippen molar-refractivity contribution >= 4 is 17.6 Å². The lowest BCUT2D eigenvalue weighted by Crippen LogP contribution is -2.26. The zero-order valence-electron chi connectivity index (χ0n) is 8.10. The van der Waals surface area contributed by atoms with Gasteiger partial charge in [0.05, 0.1) is 17.5 Å². The molecule has 1 aromatic rings. The highest BCUT2D eigenvalue weighted by molar-refractivity contribution is 5.93. The number of carboxylic acid groups (broad SMARTS) is 1. The summed E-state index contributed by atoms with van der Waals surface area (Å²) in [6.45, 7) is -0.0268. The third kappa shape index (κ3) is 3.08. The molecule has 86 valence electrons. The molecular formula is C8H9N3O5. The largest absolute Gasteiger partial charge is 0.481 e. The fourth-order valence-electron chi connectivity index (χ4n) is 0.998. The minimum absolute atomic E-state index is 0.0251. The number of carbonyl (C=O) groups is 2. The van der Waals surface area contributed by atoms with Crippen LogP contribution >= 0.6 is 0 Å². The molecule has 0 radical (unpaired) electrons. The van der Waals surface area contributed by atoms with Gasteiger partial charge in [0.25, 0.3) is 11.6 Å². The average molecular weight is 227 g/mol. The van der Waals surface area contributed by atoms with Gasteiger partial charge in [-0.1, -0.05) is 0 Å². The van der Waals surface area contributed by atoms with Gasteiger partial charge in [0.1, 0.15) is 5.69 Å². The van der Waals surface area contributed by atoms with Crippen molar-refractivity contribution < 1.29 is 19.6 Å². The maximum absolute atomic E-state index is 11.3. The number of H-pyrrole nitrogens is 1. The van der Waals surface area contributed by atoms with Crippen LogP contribution in [0, 0.1) is 10.1 Å². The molecule has 0 saturated carbocycles. The lowest BCUT2D eigenvalue weighted by atomic mass is 10.3. The van der Waals surface area contributed by atoms with Crippen LogP contribution in [0.25, 0.3) is 0 Å². The molecule has 1 aromatic heterocycles. The van der Waals surface area contributed by atoms with Crippen molar-refractivity contribution in [3.63, 3.8) is 0 Å². The molecule has 8 heteroatoms. The molecule has 1 heterocycles. The molecule has 0 unspecified atom stereocenters. The summed E-state index contributed by atoms with van der Waals surface area (Å²) in [5.41, 5.74) is -0.194. The standard InChI is InChI=1S/C8H9N3O5/c12-7(13)1-2-9-8(14)6-3-5(4-10-6)11(15)16/h3-4,10H,1-2H2,(H,9,14)(H,12,13). The molecular weight excluding hydrogens is 218 g/mol. The van der Waals surface area contributed by atoms with E-state index in [0.29, 0.717) is 0 Å². The van der Waals surface area contributed by atoms with Crippen LogP contribution in [0.4, 0.5) is 5.69 Å². The van der Waals surface area contributed by atoms with Crippen molar-refractivity contribution in [2.75, 3.05) is 6.54 Å². The molecule has 0 aliphatic carbocycles. The zero-order valence-corrected chi connectivity index (χ0v) is 8.10. The van der Waals surface area contributed by atoms with Crippen molar-refractivity contribution in [1.82, 2.24) is 10.3 Å². The number of aliphatic carboxylic acids is 1. The summed E-state index contributed by atoms with van der Waals surface area (Å²) in [7, 11) is 0. The van der Waals surface area contributed by atoms with E-state index < -0.39 is 16.8 Å². The van der Waals surface area contributed by atoms with E-state index in [4.69, 9.17) is 5.11 Å². The second-order valence-corrected chi connectivity index (χ2v) is 2.93. The van der Waals surface area contributed by atoms with Gasteiger partial charge in [-0.2, -0.15) is 0 Å². The maximum Gasteiger partial charge on any atom is 0.305 e. The molecule has 0 atom stereocenters. The summed E-state index contributed by atoms with van der Waals surface area (Å²) >= 11 is 0. The number of nitro groups is 1. The number of rotatable bonds is 5. The minimum atomic E-state index is -1.03. The molecule has 1 amide bonds. The number of carbonyl (C=O) groups excluding carboxylic acids is 1. The van der Waals surface area contributed by atoms with Gasteiger partial charge >= 0.3 is 5.97 Å². The SMILES string of the molecule is O=C(O)CCNC(=O)c1cc([N+](=O)[O-])c[nH]1. The van der Waals surface area contributed by atoms with Crippen molar-refractivity contribution in [1.29, 1.82) is 0 Å². The Hall–Kier alpha value is -2.38. The smallest absolute Gasteiger partial charge is 0.305 e. The van der Waals surface area contributed by atoms with E-state index in [1.54, 1.807) is 0 Å². The molecule has 0 aliphatic rings. The summed E-state index contributed by atoms with van der Waals surface area (Å²) in [6, 6.07) is 1.08. The van der Waals surface area contributed by atoms with Crippen LogP contribution in [-0.2, 0) is 4.79 Å². The summed E-state index contributed by atoms with van der Waals surface area (Å²) < 4.78 is 0. The number of hydrogen-bond donors (Lipinski definition) is 3. The summed E-state index contributed by atoms with van der Waals surface area (Å²) in [4.78, 5) is 33.6. The van der Waals surface area contributed by atoms with Crippen molar-refractivity contribution in [3.05, 3.63) is 28.1 Å². The lowest BCUT2D eigenvalue weighted by molar-refractivity contribution is -0.384. The van der Waals surface area contributed by atoms with Gasteiger partial charge < -0.3 is 15.4 Å². The van der Waals surface area contributed by atoms with E-state index in [-0.39, 0.29) is 24.3 Å². The molecule has 0 aromatic carbocycles. The number of nitrogens with zero attached hydrogens (tertiary/aromatic N) is 1. The summed E-state index contributed by atoms with van der Waals surface area (Å²) in [5.74, 6) is -1.60. The van der Waals surface area contributed by atoms with E-state index in [0.717, 1.165) is 12.3 Å². The molecule has 1 rings (SSSR count). The maximum atomic E-state index is 11.3. The van der Waals surface area contributed by atoms with E-state index in [2.05, 4.69) is 10.3 Å². The van der Waals surface area contributed by atoms with Crippen LogP contribution in [-0.4, -0.2) is 33.4 Å². The predicted molar refractivity (Wildman–Crippen MR) is 52.0 cm³/mol. The van der Waals surface area contributed by atoms with E-state index >= 15 is 0 Å². The Bertz CT molecular complexity index is 425. The molecule has 0 aliphatic heterocycles. The number of aromatic amines is 1.